The minimum absolute atomic E-state index is 0.0638. The summed E-state index contributed by atoms with van der Waals surface area (Å²) in [6.45, 7) is 13.9. The molecule has 26 heavy (non-hydrogen) atoms. The number of rotatable bonds is 8. The van der Waals surface area contributed by atoms with Crippen LogP contribution in [0.1, 0.15) is 66.9 Å². The van der Waals surface area contributed by atoms with Crippen LogP contribution in [0.4, 0.5) is 0 Å². The third kappa shape index (κ3) is 6.98. The van der Waals surface area contributed by atoms with Gasteiger partial charge >= 0.3 is 10.1 Å². The monoisotopic (exact) mass is 383 g/mol. The molecule has 0 spiro atoms. The van der Waals surface area contributed by atoms with Gasteiger partial charge in [-0.15, -0.1) is 0 Å². The molecule has 0 N–H and O–H groups in total. The van der Waals surface area contributed by atoms with E-state index in [9.17, 15) is 13.2 Å². The molecular formula is C20H33NO4S. The molecule has 1 rings (SSSR count). The van der Waals surface area contributed by atoms with Crippen LogP contribution in [0.15, 0.2) is 24.3 Å². The number of carbonyl (C=O) groups is 1. The van der Waals surface area contributed by atoms with Gasteiger partial charge in [0.2, 0.25) is 5.91 Å². The van der Waals surface area contributed by atoms with E-state index in [1.807, 2.05) is 24.0 Å². The molecule has 5 nitrogen and oxygen atoms in total. The van der Waals surface area contributed by atoms with Crippen LogP contribution in [-0.4, -0.2) is 30.5 Å². The van der Waals surface area contributed by atoms with Gasteiger partial charge in [0, 0.05) is 19.0 Å². The molecule has 6 heteroatoms. The van der Waals surface area contributed by atoms with E-state index in [0.29, 0.717) is 18.7 Å². The van der Waals surface area contributed by atoms with Crippen molar-refractivity contribution in [2.24, 2.45) is 5.41 Å². The summed E-state index contributed by atoms with van der Waals surface area (Å²) in [6.07, 6.45) is 1.37. The highest BCUT2D eigenvalue weighted by Crippen LogP contribution is 2.23. The fraction of sp³-hybridized carbons (Fsp3) is 0.650. The van der Waals surface area contributed by atoms with Crippen LogP contribution in [0.5, 0.6) is 5.75 Å². The summed E-state index contributed by atoms with van der Waals surface area (Å²) in [4.78, 5) is 14.6. The molecule has 0 fully saturated rings. The molecule has 1 amide bonds. The standard InChI is InChI=1S/C20H33NO4S/c1-8-16(4)21(19(22)13-20(5,6)7)14-17-9-11-18(12-10-17)25-26(23,24)15(2)3/h9-12,15-16H,8,13-14H2,1-7H3/t16-/m0/s1. The number of carbonyl (C=O) groups excluding carboxylic acids is 1. The number of benzene rings is 1. The first-order valence-electron chi connectivity index (χ1n) is 9.17. The summed E-state index contributed by atoms with van der Waals surface area (Å²) in [5.41, 5.74) is 0.882. The number of nitrogens with zero attached hydrogens (tertiary/aromatic N) is 1. The largest absolute Gasteiger partial charge is 0.382 e. The van der Waals surface area contributed by atoms with Crippen LogP contribution in [-0.2, 0) is 21.5 Å². The Bertz CT molecular complexity index is 688. The predicted molar refractivity (Wildman–Crippen MR) is 106 cm³/mol. The summed E-state index contributed by atoms with van der Waals surface area (Å²) < 4.78 is 28.8. The van der Waals surface area contributed by atoms with E-state index in [1.165, 1.54) is 0 Å². The average Bonchev–Trinajstić information content (AvgIpc) is 2.51. The average molecular weight is 384 g/mol. The number of amides is 1. The molecule has 0 unspecified atom stereocenters. The Morgan fingerprint density at radius 2 is 1.65 bits per heavy atom. The molecule has 1 atom stereocenters. The van der Waals surface area contributed by atoms with Crippen molar-refractivity contribution in [1.29, 1.82) is 0 Å². The van der Waals surface area contributed by atoms with Gasteiger partial charge in [0.25, 0.3) is 0 Å². The maximum atomic E-state index is 12.7. The summed E-state index contributed by atoms with van der Waals surface area (Å²) in [7, 11) is -3.60. The van der Waals surface area contributed by atoms with Crippen molar-refractivity contribution in [3.8, 4) is 5.75 Å². The number of hydrogen-bond acceptors (Lipinski definition) is 4. The molecule has 1 aromatic carbocycles. The van der Waals surface area contributed by atoms with Crippen molar-refractivity contribution in [3.63, 3.8) is 0 Å². The van der Waals surface area contributed by atoms with Gasteiger partial charge in [0.1, 0.15) is 5.75 Å². The minimum Gasteiger partial charge on any atom is -0.382 e. The van der Waals surface area contributed by atoms with Gasteiger partial charge in [-0.2, -0.15) is 8.42 Å². The second-order valence-electron chi connectivity index (χ2n) is 8.29. The van der Waals surface area contributed by atoms with Crippen LogP contribution >= 0.6 is 0 Å². The summed E-state index contributed by atoms with van der Waals surface area (Å²) in [5, 5.41) is -0.599. The Hall–Kier alpha value is -1.56. The molecule has 0 aliphatic rings. The molecule has 0 aliphatic carbocycles. The van der Waals surface area contributed by atoms with Gasteiger partial charge in [-0.25, -0.2) is 0 Å². The number of hydrogen-bond donors (Lipinski definition) is 0. The first-order valence-corrected chi connectivity index (χ1v) is 10.6. The van der Waals surface area contributed by atoms with E-state index in [4.69, 9.17) is 4.18 Å². The first kappa shape index (κ1) is 22.5. The molecule has 148 valence electrons. The third-order valence-corrected chi connectivity index (χ3v) is 5.77. The summed E-state index contributed by atoms with van der Waals surface area (Å²) in [6, 6.07) is 7.04. The highest BCUT2D eigenvalue weighted by molar-refractivity contribution is 7.87. The van der Waals surface area contributed by atoms with Gasteiger partial charge < -0.3 is 9.08 Å². The smallest absolute Gasteiger partial charge is 0.311 e. The minimum atomic E-state index is -3.60. The molecule has 0 aromatic heterocycles. The van der Waals surface area contributed by atoms with Crippen molar-refractivity contribution < 1.29 is 17.4 Å². The van der Waals surface area contributed by atoms with E-state index < -0.39 is 15.4 Å². The molecule has 1 aromatic rings. The molecule has 0 radical (unpaired) electrons. The van der Waals surface area contributed by atoms with Crippen LogP contribution in [0.2, 0.25) is 0 Å². The maximum absolute atomic E-state index is 12.7. The fourth-order valence-corrected chi connectivity index (χ4v) is 2.91. The Morgan fingerprint density at radius 3 is 2.08 bits per heavy atom. The zero-order valence-corrected chi connectivity index (χ0v) is 17.9. The van der Waals surface area contributed by atoms with Crippen LogP contribution in [0, 0.1) is 5.41 Å². The summed E-state index contributed by atoms with van der Waals surface area (Å²) >= 11 is 0. The van der Waals surface area contributed by atoms with E-state index in [1.54, 1.807) is 26.0 Å². The molecule has 0 heterocycles. The van der Waals surface area contributed by atoms with Crippen molar-refractivity contribution in [2.45, 2.75) is 79.1 Å². The zero-order chi connectivity index (χ0) is 20.1. The molecular weight excluding hydrogens is 350 g/mol. The Labute approximate surface area is 158 Å². The summed E-state index contributed by atoms with van der Waals surface area (Å²) in [5.74, 6) is 0.424. The quantitative estimate of drug-likeness (QED) is 0.626. The van der Waals surface area contributed by atoms with Gasteiger partial charge in [-0.05, 0) is 50.3 Å². The van der Waals surface area contributed by atoms with Crippen LogP contribution in [0.25, 0.3) is 0 Å². The lowest BCUT2D eigenvalue weighted by Gasteiger charge is -2.31. The highest BCUT2D eigenvalue weighted by Gasteiger charge is 2.24. The van der Waals surface area contributed by atoms with Crippen molar-refractivity contribution in [2.75, 3.05) is 0 Å². The molecule has 0 bridgehead atoms. The van der Waals surface area contributed by atoms with Crippen molar-refractivity contribution in [3.05, 3.63) is 29.8 Å². The Balaban J connectivity index is 2.91. The van der Waals surface area contributed by atoms with E-state index >= 15 is 0 Å². The fourth-order valence-electron chi connectivity index (χ4n) is 2.34. The second-order valence-corrected chi connectivity index (χ2v) is 10.4. The topological polar surface area (TPSA) is 63.7 Å². The predicted octanol–water partition coefficient (Wildman–Crippen LogP) is 4.37. The van der Waals surface area contributed by atoms with Crippen molar-refractivity contribution >= 4 is 16.0 Å². The second kappa shape index (κ2) is 8.89. The third-order valence-electron chi connectivity index (χ3n) is 4.19. The molecule has 0 saturated heterocycles. The zero-order valence-electron chi connectivity index (χ0n) is 17.1. The Morgan fingerprint density at radius 1 is 1.12 bits per heavy atom. The van der Waals surface area contributed by atoms with E-state index in [0.717, 1.165) is 12.0 Å². The van der Waals surface area contributed by atoms with Crippen LogP contribution in [0.3, 0.4) is 0 Å². The van der Waals surface area contributed by atoms with E-state index in [-0.39, 0.29) is 17.4 Å². The Kier molecular flexibility index (Phi) is 7.69. The SMILES string of the molecule is CC[C@H](C)N(Cc1ccc(OS(=O)(=O)C(C)C)cc1)C(=O)CC(C)(C)C. The molecule has 0 aliphatic heterocycles. The first-order chi connectivity index (χ1) is 11.9. The maximum Gasteiger partial charge on any atom is 0.311 e. The van der Waals surface area contributed by atoms with Gasteiger partial charge in [-0.1, -0.05) is 39.8 Å². The normalized spacial score (nSPS) is 13.5. The van der Waals surface area contributed by atoms with Gasteiger partial charge in [0.15, 0.2) is 0 Å². The van der Waals surface area contributed by atoms with Crippen LogP contribution < -0.4 is 4.18 Å². The van der Waals surface area contributed by atoms with Gasteiger partial charge in [0.05, 0.1) is 5.25 Å². The van der Waals surface area contributed by atoms with Crippen molar-refractivity contribution in [1.82, 2.24) is 4.90 Å². The lowest BCUT2D eigenvalue weighted by molar-refractivity contribution is -0.135. The van der Waals surface area contributed by atoms with Gasteiger partial charge in [-0.3, -0.25) is 4.79 Å². The molecule has 0 saturated carbocycles. The lowest BCUT2D eigenvalue weighted by atomic mass is 9.91. The van der Waals surface area contributed by atoms with E-state index in [2.05, 4.69) is 27.7 Å². The highest BCUT2D eigenvalue weighted by atomic mass is 32.2. The lowest BCUT2D eigenvalue weighted by Crippen LogP contribution is -2.39.